The lowest BCUT2D eigenvalue weighted by atomic mass is 10.1. The number of benzene rings is 1. The minimum absolute atomic E-state index is 0.00624. The molecule has 1 aromatic carbocycles. The number of methoxy groups -OCH3 is 1. The highest BCUT2D eigenvalue weighted by atomic mass is 35.5. The molecule has 2 N–H and O–H groups in total. The number of aliphatic hydroxyl groups excluding tert-OH is 1. The van der Waals surface area contributed by atoms with Gasteiger partial charge in [0, 0.05) is 23.2 Å². The first-order valence-electron chi connectivity index (χ1n) is 6.40. The van der Waals surface area contributed by atoms with Gasteiger partial charge in [-0.15, -0.1) is 0 Å². The fraction of sp³-hybridized carbons (Fsp3) is 0.333. The Bertz CT molecular complexity index is 542. The molecule has 108 valence electrons. The fourth-order valence-electron chi connectivity index (χ4n) is 2.02. The van der Waals surface area contributed by atoms with E-state index in [0.29, 0.717) is 17.3 Å². The van der Waals surface area contributed by atoms with Crippen LogP contribution in [0.15, 0.2) is 41.0 Å². The first-order chi connectivity index (χ1) is 9.61. The molecular formula is C15H18ClNO3. The fourth-order valence-corrected chi connectivity index (χ4v) is 2.20. The summed E-state index contributed by atoms with van der Waals surface area (Å²) in [5.74, 6) is 1.31. The van der Waals surface area contributed by atoms with E-state index in [0.717, 1.165) is 11.3 Å². The van der Waals surface area contributed by atoms with Gasteiger partial charge >= 0.3 is 0 Å². The van der Waals surface area contributed by atoms with E-state index in [1.54, 1.807) is 31.6 Å². The summed E-state index contributed by atoms with van der Waals surface area (Å²) in [5.41, 5.74) is 0.951. The third-order valence-corrected chi connectivity index (χ3v) is 3.38. The zero-order chi connectivity index (χ0) is 14.5. The maximum atomic E-state index is 9.97. The number of ether oxygens (including phenoxy) is 1. The van der Waals surface area contributed by atoms with Gasteiger partial charge in [0.15, 0.2) is 0 Å². The van der Waals surface area contributed by atoms with E-state index >= 15 is 0 Å². The second-order valence-corrected chi connectivity index (χ2v) is 4.98. The monoisotopic (exact) mass is 295 g/mol. The predicted octanol–water partition coefficient (Wildman–Crippen LogP) is 3.33. The number of hydrogen-bond acceptors (Lipinski definition) is 4. The van der Waals surface area contributed by atoms with E-state index in [4.69, 9.17) is 20.8 Å². The summed E-state index contributed by atoms with van der Waals surface area (Å²) in [6.07, 6.45) is 0.861. The molecule has 0 aliphatic carbocycles. The average Bonchev–Trinajstić information content (AvgIpc) is 2.98. The van der Waals surface area contributed by atoms with E-state index in [9.17, 15) is 5.11 Å². The van der Waals surface area contributed by atoms with Gasteiger partial charge in [-0.3, -0.25) is 0 Å². The summed E-state index contributed by atoms with van der Waals surface area (Å²) in [5, 5.41) is 13.9. The SMILES string of the molecule is COc1ccc(Cl)cc1[C@H](C)NC[C@@H](O)c1ccco1. The van der Waals surface area contributed by atoms with Gasteiger partial charge < -0.3 is 19.6 Å². The van der Waals surface area contributed by atoms with Crippen LogP contribution >= 0.6 is 11.6 Å². The third kappa shape index (κ3) is 3.54. The normalized spacial score (nSPS) is 14.0. The first-order valence-corrected chi connectivity index (χ1v) is 6.78. The molecule has 0 saturated carbocycles. The second-order valence-electron chi connectivity index (χ2n) is 4.55. The Kier molecular flexibility index (Phi) is 5.06. The van der Waals surface area contributed by atoms with Gasteiger partial charge in [-0.05, 0) is 37.3 Å². The van der Waals surface area contributed by atoms with Crippen LogP contribution in [0.5, 0.6) is 5.75 Å². The van der Waals surface area contributed by atoms with E-state index in [-0.39, 0.29) is 6.04 Å². The van der Waals surface area contributed by atoms with Crippen molar-refractivity contribution in [3.05, 3.63) is 52.9 Å². The van der Waals surface area contributed by atoms with Crippen LogP contribution in [0.25, 0.3) is 0 Å². The molecule has 0 saturated heterocycles. The van der Waals surface area contributed by atoms with Crippen molar-refractivity contribution in [3.8, 4) is 5.75 Å². The standard InChI is InChI=1S/C15H18ClNO3/c1-10(12-8-11(16)5-6-14(12)19-2)17-9-13(18)15-4-3-7-20-15/h3-8,10,13,17-18H,9H2,1-2H3/t10-,13+/m0/s1. The smallest absolute Gasteiger partial charge is 0.133 e. The largest absolute Gasteiger partial charge is 0.496 e. The van der Waals surface area contributed by atoms with Crippen molar-refractivity contribution in [1.82, 2.24) is 5.32 Å². The highest BCUT2D eigenvalue weighted by Crippen LogP contribution is 2.28. The minimum Gasteiger partial charge on any atom is -0.496 e. The Morgan fingerprint density at radius 3 is 2.85 bits per heavy atom. The van der Waals surface area contributed by atoms with Gasteiger partial charge in [0.25, 0.3) is 0 Å². The molecule has 0 spiro atoms. The zero-order valence-electron chi connectivity index (χ0n) is 11.5. The number of rotatable bonds is 6. The summed E-state index contributed by atoms with van der Waals surface area (Å²) in [4.78, 5) is 0. The van der Waals surface area contributed by atoms with Crippen molar-refractivity contribution in [1.29, 1.82) is 0 Å². The molecular weight excluding hydrogens is 278 g/mol. The molecule has 0 unspecified atom stereocenters. The molecule has 2 atom stereocenters. The minimum atomic E-state index is -0.683. The molecule has 0 fully saturated rings. The number of halogens is 1. The Hall–Kier alpha value is -1.49. The zero-order valence-corrected chi connectivity index (χ0v) is 12.2. The summed E-state index contributed by atoms with van der Waals surface area (Å²) in [7, 11) is 1.62. The first kappa shape index (κ1) is 14.9. The maximum Gasteiger partial charge on any atom is 0.133 e. The lowest BCUT2D eigenvalue weighted by molar-refractivity contribution is 0.144. The van der Waals surface area contributed by atoms with Crippen LogP contribution in [-0.2, 0) is 0 Å². The Balaban J connectivity index is 2.01. The van der Waals surface area contributed by atoms with Crippen LogP contribution in [0.3, 0.4) is 0 Å². The van der Waals surface area contributed by atoms with Crippen molar-refractivity contribution in [2.75, 3.05) is 13.7 Å². The molecule has 1 heterocycles. The molecule has 20 heavy (non-hydrogen) atoms. The van der Waals surface area contributed by atoms with Crippen molar-refractivity contribution in [2.24, 2.45) is 0 Å². The van der Waals surface area contributed by atoms with Gasteiger partial charge in [-0.2, -0.15) is 0 Å². The van der Waals surface area contributed by atoms with E-state index < -0.39 is 6.10 Å². The average molecular weight is 296 g/mol. The van der Waals surface area contributed by atoms with Crippen LogP contribution in [0, 0.1) is 0 Å². The molecule has 0 amide bonds. The van der Waals surface area contributed by atoms with Crippen LogP contribution in [0.1, 0.15) is 30.4 Å². The van der Waals surface area contributed by atoms with Crippen LogP contribution in [-0.4, -0.2) is 18.8 Å². The lowest BCUT2D eigenvalue weighted by Crippen LogP contribution is -2.24. The maximum absolute atomic E-state index is 9.97. The molecule has 0 aliphatic rings. The van der Waals surface area contributed by atoms with Crippen molar-refractivity contribution in [2.45, 2.75) is 19.1 Å². The number of furan rings is 1. The Labute approximate surface area is 123 Å². The highest BCUT2D eigenvalue weighted by Gasteiger charge is 2.15. The molecule has 2 rings (SSSR count). The quantitative estimate of drug-likeness (QED) is 0.858. The third-order valence-electron chi connectivity index (χ3n) is 3.15. The van der Waals surface area contributed by atoms with Crippen molar-refractivity contribution >= 4 is 11.6 Å². The van der Waals surface area contributed by atoms with Crippen LogP contribution in [0.4, 0.5) is 0 Å². The summed E-state index contributed by atoms with van der Waals surface area (Å²) in [6, 6.07) is 8.97. The summed E-state index contributed by atoms with van der Waals surface area (Å²) >= 11 is 6.01. The second kappa shape index (κ2) is 6.79. The molecule has 0 bridgehead atoms. The van der Waals surface area contributed by atoms with Gasteiger partial charge in [0.05, 0.1) is 13.4 Å². The van der Waals surface area contributed by atoms with Crippen LogP contribution in [0.2, 0.25) is 5.02 Å². The molecule has 0 radical (unpaired) electrons. The number of hydrogen-bond donors (Lipinski definition) is 2. The predicted molar refractivity (Wildman–Crippen MR) is 78.1 cm³/mol. The summed E-state index contributed by atoms with van der Waals surface area (Å²) < 4.78 is 10.5. The number of nitrogens with one attached hydrogen (secondary N) is 1. The highest BCUT2D eigenvalue weighted by molar-refractivity contribution is 6.30. The topological polar surface area (TPSA) is 54.6 Å². The molecule has 2 aromatic rings. The molecule has 1 aromatic heterocycles. The molecule has 5 heteroatoms. The lowest BCUT2D eigenvalue weighted by Gasteiger charge is -2.19. The van der Waals surface area contributed by atoms with Gasteiger partial charge in [-0.25, -0.2) is 0 Å². The van der Waals surface area contributed by atoms with Crippen LogP contribution < -0.4 is 10.1 Å². The summed E-state index contributed by atoms with van der Waals surface area (Å²) in [6.45, 7) is 2.37. The van der Waals surface area contributed by atoms with Gasteiger partial charge in [-0.1, -0.05) is 11.6 Å². The van der Waals surface area contributed by atoms with E-state index in [1.165, 1.54) is 0 Å². The van der Waals surface area contributed by atoms with Gasteiger partial charge in [0.2, 0.25) is 0 Å². The molecule has 0 aliphatic heterocycles. The number of aliphatic hydroxyl groups is 1. The van der Waals surface area contributed by atoms with E-state index in [2.05, 4.69) is 5.32 Å². The Morgan fingerprint density at radius 2 is 2.20 bits per heavy atom. The Morgan fingerprint density at radius 1 is 1.40 bits per heavy atom. The van der Waals surface area contributed by atoms with Crippen molar-refractivity contribution in [3.63, 3.8) is 0 Å². The van der Waals surface area contributed by atoms with Crippen molar-refractivity contribution < 1.29 is 14.3 Å². The van der Waals surface area contributed by atoms with E-state index in [1.807, 2.05) is 19.1 Å². The van der Waals surface area contributed by atoms with Gasteiger partial charge in [0.1, 0.15) is 17.6 Å². The molecule has 4 nitrogen and oxygen atoms in total.